The lowest BCUT2D eigenvalue weighted by Gasteiger charge is -2.24. The third kappa shape index (κ3) is 4.28. The van der Waals surface area contributed by atoms with E-state index in [4.69, 9.17) is 4.74 Å². The highest BCUT2D eigenvalue weighted by atomic mass is 32.2. The highest BCUT2D eigenvalue weighted by Crippen LogP contribution is 2.27. The van der Waals surface area contributed by atoms with Gasteiger partial charge in [0.15, 0.2) is 0 Å². The Balaban J connectivity index is 2.07. The first-order valence-electron chi connectivity index (χ1n) is 8.64. The molecule has 27 heavy (non-hydrogen) atoms. The van der Waals surface area contributed by atoms with Gasteiger partial charge in [-0.2, -0.15) is 0 Å². The fourth-order valence-electron chi connectivity index (χ4n) is 2.78. The van der Waals surface area contributed by atoms with Crippen LogP contribution in [0.25, 0.3) is 10.8 Å². The molecule has 3 aromatic rings. The zero-order chi connectivity index (χ0) is 19.4. The minimum Gasteiger partial charge on any atom is -0.462 e. The molecule has 0 saturated carbocycles. The third-order valence-electron chi connectivity index (χ3n) is 3.99. The molecule has 0 spiro atoms. The summed E-state index contributed by atoms with van der Waals surface area (Å²) in [5.41, 5.74) is 0.415. The Kier molecular flexibility index (Phi) is 5.46. The maximum Gasteiger partial charge on any atom is 0.327 e. The number of ether oxygens (including phenoxy) is 1. The SMILES string of the molecule is CC(C)OC(=O)CN(c1ccc2ccccc2c1)S(=O)(=O)c1ccccc1. The Hall–Kier alpha value is -2.86. The third-order valence-corrected chi connectivity index (χ3v) is 5.78. The summed E-state index contributed by atoms with van der Waals surface area (Å²) in [6.07, 6.45) is -0.324. The Morgan fingerprint density at radius 1 is 0.926 bits per heavy atom. The molecule has 0 fully saturated rings. The van der Waals surface area contributed by atoms with Crippen LogP contribution in [0.2, 0.25) is 0 Å². The van der Waals surface area contributed by atoms with Gasteiger partial charge in [-0.1, -0.05) is 48.5 Å². The van der Waals surface area contributed by atoms with Gasteiger partial charge in [0.05, 0.1) is 16.7 Å². The molecular weight excluding hydrogens is 362 g/mol. The zero-order valence-electron chi connectivity index (χ0n) is 15.2. The van der Waals surface area contributed by atoms with E-state index in [0.29, 0.717) is 5.69 Å². The van der Waals surface area contributed by atoms with Gasteiger partial charge in [0.2, 0.25) is 0 Å². The van der Waals surface area contributed by atoms with Gasteiger partial charge in [-0.3, -0.25) is 9.10 Å². The Morgan fingerprint density at radius 2 is 1.56 bits per heavy atom. The molecule has 6 heteroatoms. The van der Waals surface area contributed by atoms with Gasteiger partial charge in [-0.25, -0.2) is 8.42 Å². The molecule has 5 nitrogen and oxygen atoms in total. The molecule has 0 atom stereocenters. The second-order valence-electron chi connectivity index (χ2n) is 6.39. The fraction of sp³-hybridized carbons (Fsp3) is 0.190. The van der Waals surface area contributed by atoms with Gasteiger partial charge in [0.1, 0.15) is 6.54 Å². The molecule has 0 aliphatic rings. The Bertz CT molecular complexity index is 1050. The minimum absolute atomic E-state index is 0.121. The van der Waals surface area contributed by atoms with Gasteiger partial charge < -0.3 is 4.74 Å². The normalized spacial score (nSPS) is 11.5. The lowest BCUT2D eigenvalue weighted by molar-refractivity contribution is -0.145. The molecule has 0 bridgehead atoms. The van der Waals surface area contributed by atoms with Crippen LogP contribution in [0.1, 0.15) is 13.8 Å². The van der Waals surface area contributed by atoms with Crippen LogP contribution in [0.4, 0.5) is 5.69 Å². The lowest BCUT2D eigenvalue weighted by Crippen LogP contribution is -2.37. The van der Waals surface area contributed by atoms with Crippen LogP contribution < -0.4 is 4.31 Å². The summed E-state index contributed by atoms with van der Waals surface area (Å²) in [6.45, 7) is 3.06. The number of carbonyl (C=O) groups excluding carboxylic acids is 1. The Morgan fingerprint density at radius 3 is 2.22 bits per heavy atom. The molecule has 0 aromatic heterocycles. The number of nitrogens with zero attached hydrogens (tertiary/aromatic N) is 1. The summed E-state index contributed by atoms with van der Waals surface area (Å²) < 4.78 is 32.7. The molecule has 0 amide bonds. The predicted molar refractivity (Wildman–Crippen MR) is 106 cm³/mol. The van der Waals surface area contributed by atoms with Crippen LogP contribution in [0, 0.1) is 0 Å². The summed E-state index contributed by atoms with van der Waals surface area (Å²) in [7, 11) is -3.92. The molecule has 140 valence electrons. The van der Waals surface area contributed by atoms with E-state index in [1.807, 2.05) is 30.3 Å². The van der Waals surface area contributed by atoms with Crippen molar-refractivity contribution in [3.8, 4) is 0 Å². The number of esters is 1. The number of sulfonamides is 1. The van der Waals surface area contributed by atoms with Gasteiger partial charge in [-0.15, -0.1) is 0 Å². The van der Waals surface area contributed by atoms with Crippen molar-refractivity contribution in [3.63, 3.8) is 0 Å². The van der Waals surface area contributed by atoms with E-state index < -0.39 is 22.5 Å². The standard InChI is InChI=1S/C21H21NO4S/c1-16(2)26-21(23)15-22(27(24,25)20-10-4-3-5-11-20)19-13-12-17-8-6-7-9-18(17)14-19/h3-14,16H,15H2,1-2H3. The quantitative estimate of drug-likeness (QED) is 0.604. The largest absolute Gasteiger partial charge is 0.462 e. The summed E-state index contributed by atoms with van der Waals surface area (Å²) in [5, 5.41) is 1.88. The van der Waals surface area contributed by atoms with Crippen LogP contribution in [-0.4, -0.2) is 27.0 Å². The molecule has 0 N–H and O–H groups in total. The molecule has 3 aromatic carbocycles. The van der Waals surface area contributed by atoms with Crippen molar-refractivity contribution in [3.05, 3.63) is 72.8 Å². The minimum atomic E-state index is -3.92. The number of hydrogen-bond acceptors (Lipinski definition) is 4. The number of rotatable bonds is 6. The van der Waals surface area contributed by atoms with Gasteiger partial charge in [0.25, 0.3) is 10.0 Å². The molecule has 0 unspecified atom stereocenters. The second kappa shape index (κ2) is 7.80. The van der Waals surface area contributed by atoms with Gasteiger partial charge in [0, 0.05) is 0 Å². The zero-order valence-corrected chi connectivity index (χ0v) is 16.0. The molecule has 0 heterocycles. The van der Waals surface area contributed by atoms with Gasteiger partial charge >= 0.3 is 5.97 Å². The molecule has 0 radical (unpaired) electrons. The lowest BCUT2D eigenvalue weighted by atomic mass is 10.1. The highest BCUT2D eigenvalue weighted by molar-refractivity contribution is 7.92. The van der Waals surface area contributed by atoms with Crippen molar-refractivity contribution in [2.24, 2.45) is 0 Å². The van der Waals surface area contributed by atoms with Crippen molar-refractivity contribution in [2.45, 2.75) is 24.8 Å². The van der Waals surface area contributed by atoms with E-state index in [1.54, 1.807) is 44.2 Å². The van der Waals surface area contributed by atoms with E-state index in [2.05, 4.69) is 0 Å². The van der Waals surface area contributed by atoms with Crippen molar-refractivity contribution >= 4 is 32.5 Å². The number of hydrogen-bond donors (Lipinski definition) is 0. The summed E-state index contributed by atoms with van der Waals surface area (Å²) >= 11 is 0. The molecule has 0 saturated heterocycles. The van der Waals surface area contributed by atoms with E-state index >= 15 is 0 Å². The maximum atomic E-state index is 13.2. The maximum absolute atomic E-state index is 13.2. The summed E-state index contributed by atoms with van der Waals surface area (Å²) in [4.78, 5) is 12.4. The van der Waals surface area contributed by atoms with Crippen LogP contribution in [0.15, 0.2) is 77.7 Å². The second-order valence-corrected chi connectivity index (χ2v) is 8.26. The van der Waals surface area contributed by atoms with E-state index in [-0.39, 0.29) is 11.0 Å². The van der Waals surface area contributed by atoms with Crippen molar-refractivity contribution in [2.75, 3.05) is 10.8 Å². The number of benzene rings is 3. The van der Waals surface area contributed by atoms with Crippen LogP contribution in [0.3, 0.4) is 0 Å². The number of carbonyl (C=O) groups is 1. The molecule has 0 aliphatic heterocycles. The predicted octanol–water partition coefficient (Wildman–Crippen LogP) is 3.99. The van der Waals surface area contributed by atoms with Crippen LogP contribution in [-0.2, 0) is 19.6 Å². The first-order valence-corrected chi connectivity index (χ1v) is 10.1. The van der Waals surface area contributed by atoms with E-state index in [1.165, 1.54) is 12.1 Å². The van der Waals surface area contributed by atoms with Crippen molar-refractivity contribution in [1.82, 2.24) is 0 Å². The monoisotopic (exact) mass is 383 g/mol. The van der Waals surface area contributed by atoms with Gasteiger partial charge in [-0.05, 0) is 48.9 Å². The molecule has 3 rings (SSSR count). The fourth-order valence-corrected chi connectivity index (χ4v) is 4.21. The highest BCUT2D eigenvalue weighted by Gasteiger charge is 2.28. The van der Waals surface area contributed by atoms with Crippen LogP contribution >= 0.6 is 0 Å². The molecule has 0 aliphatic carbocycles. The van der Waals surface area contributed by atoms with E-state index in [0.717, 1.165) is 15.1 Å². The van der Waals surface area contributed by atoms with E-state index in [9.17, 15) is 13.2 Å². The molecular formula is C21H21NO4S. The number of anilines is 1. The first kappa shape index (κ1) is 18.9. The topological polar surface area (TPSA) is 63.7 Å². The van der Waals surface area contributed by atoms with Crippen LogP contribution in [0.5, 0.6) is 0 Å². The van der Waals surface area contributed by atoms with Crippen molar-refractivity contribution < 1.29 is 17.9 Å². The smallest absolute Gasteiger partial charge is 0.327 e. The number of fused-ring (bicyclic) bond motifs is 1. The first-order chi connectivity index (χ1) is 12.9. The Labute approximate surface area is 159 Å². The summed E-state index contributed by atoms with van der Waals surface area (Å²) in [6, 6.07) is 21.0. The summed E-state index contributed by atoms with van der Waals surface area (Å²) in [5.74, 6) is -0.599. The van der Waals surface area contributed by atoms with Crippen molar-refractivity contribution in [1.29, 1.82) is 0 Å². The average Bonchev–Trinajstić information content (AvgIpc) is 2.66. The average molecular weight is 383 g/mol.